The van der Waals surface area contributed by atoms with Gasteiger partial charge >= 0.3 is 0 Å². The smallest absolute Gasteiger partial charge is 0.185 e. The van der Waals surface area contributed by atoms with Crippen molar-refractivity contribution < 1.29 is 19.3 Å². The van der Waals surface area contributed by atoms with Crippen LogP contribution < -0.4 is 0 Å². The summed E-state index contributed by atoms with van der Waals surface area (Å²) in [6.45, 7) is 5.70. The van der Waals surface area contributed by atoms with Crippen LogP contribution in [0.4, 0.5) is 0 Å². The zero-order valence-electron chi connectivity index (χ0n) is 14.5. The minimum absolute atomic E-state index is 0.00791. The van der Waals surface area contributed by atoms with Gasteiger partial charge in [-0.2, -0.15) is 0 Å². The van der Waals surface area contributed by atoms with Gasteiger partial charge < -0.3 is 19.3 Å². The summed E-state index contributed by atoms with van der Waals surface area (Å²) in [5, 5.41) is 10.5. The molecule has 8 nitrogen and oxygen atoms in total. The number of aliphatic hydroxyl groups excluding tert-OH is 1. The van der Waals surface area contributed by atoms with Gasteiger partial charge in [0.15, 0.2) is 12.6 Å². The van der Waals surface area contributed by atoms with Gasteiger partial charge in [0.25, 0.3) is 0 Å². The molecule has 8 atom stereocenters. The van der Waals surface area contributed by atoms with Crippen LogP contribution in [0, 0.1) is 0 Å². The average Bonchev–Trinajstić information content (AvgIpc) is 3.42. The van der Waals surface area contributed by atoms with E-state index >= 15 is 0 Å². The lowest BCUT2D eigenvalue weighted by Gasteiger charge is -2.37. The van der Waals surface area contributed by atoms with E-state index in [1.54, 1.807) is 0 Å². The summed E-state index contributed by atoms with van der Waals surface area (Å²) in [5.74, 6) is 0. The number of hydrogen-bond acceptors (Lipinski definition) is 8. The Morgan fingerprint density at radius 2 is 1.83 bits per heavy atom. The van der Waals surface area contributed by atoms with Crippen molar-refractivity contribution in [1.29, 1.82) is 0 Å². The fourth-order valence-electron chi connectivity index (χ4n) is 4.30. The van der Waals surface area contributed by atoms with E-state index in [4.69, 9.17) is 14.2 Å². The molecule has 4 aliphatic heterocycles. The Bertz CT molecular complexity index is 469. The van der Waals surface area contributed by atoms with Crippen molar-refractivity contribution in [3.05, 3.63) is 0 Å². The maximum Gasteiger partial charge on any atom is 0.185 e. The zero-order chi connectivity index (χ0) is 16.5. The van der Waals surface area contributed by atoms with E-state index in [-0.39, 0.29) is 43.1 Å². The van der Waals surface area contributed by atoms with Crippen LogP contribution in [0.1, 0.15) is 13.8 Å². The van der Waals surface area contributed by atoms with Gasteiger partial charge in [0.2, 0.25) is 0 Å². The summed E-state index contributed by atoms with van der Waals surface area (Å²) in [6, 6.07) is 0.219. The first-order chi connectivity index (χ1) is 11.0. The number of aliphatic hydroxyl groups is 1. The molecule has 4 aliphatic rings. The van der Waals surface area contributed by atoms with Crippen molar-refractivity contribution in [3.8, 4) is 0 Å². The second kappa shape index (κ2) is 5.60. The summed E-state index contributed by atoms with van der Waals surface area (Å²) < 4.78 is 17.1. The predicted octanol–water partition coefficient (Wildman–Crippen LogP) is -1.09. The highest BCUT2D eigenvalue weighted by Crippen LogP contribution is 2.44. The highest BCUT2D eigenvalue weighted by atomic mass is 16.8. The molecule has 0 aliphatic carbocycles. The molecule has 132 valence electrons. The maximum atomic E-state index is 10.5. The van der Waals surface area contributed by atoms with Crippen LogP contribution in [-0.2, 0) is 14.2 Å². The lowest BCUT2D eigenvalue weighted by Crippen LogP contribution is -2.55. The fraction of sp³-hybridized carbons (Fsp3) is 1.00. The molecular weight excluding hydrogens is 300 g/mol. The number of ether oxygens (including phenoxy) is 3. The molecule has 23 heavy (non-hydrogen) atoms. The molecule has 4 fully saturated rings. The van der Waals surface area contributed by atoms with Crippen molar-refractivity contribution in [1.82, 2.24) is 19.6 Å². The first-order valence-corrected chi connectivity index (χ1v) is 8.47. The lowest BCUT2D eigenvalue weighted by atomic mass is 10.1. The summed E-state index contributed by atoms with van der Waals surface area (Å²) in [6.07, 6.45) is -0.0680. The molecule has 0 amide bonds. The number of likely N-dealkylation sites (N-methyl/N-ethyl adjacent to an activating group) is 3. The van der Waals surface area contributed by atoms with E-state index in [2.05, 4.69) is 23.8 Å². The summed E-state index contributed by atoms with van der Waals surface area (Å²) in [5.41, 5.74) is 0. The van der Waals surface area contributed by atoms with Gasteiger partial charge in [-0.3, -0.25) is 14.7 Å². The second-order valence-electron chi connectivity index (χ2n) is 7.07. The topological polar surface area (TPSA) is 67.5 Å². The third kappa shape index (κ3) is 2.44. The Morgan fingerprint density at radius 1 is 1.09 bits per heavy atom. The van der Waals surface area contributed by atoms with Crippen molar-refractivity contribution in [2.75, 3.05) is 34.3 Å². The van der Waals surface area contributed by atoms with E-state index < -0.39 is 6.35 Å². The normalized spacial score (nSPS) is 51.4. The Kier molecular flexibility index (Phi) is 3.94. The monoisotopic (exact) mass is 328 g/mol. The van der Waals surface area contributed by atoms with E-state index in [0.717, 1.165) is 6.54 Å². The van der Waals surface area contributed by atoms with Gasteiger partial charge in [0, 0.05) is 13.2 Å². The van der Waals surface area contributed by atoms with E-state index in [9.17, 15) is 5.11 Å². The van der Waals surface area contributed by atoms with Crippen LogP contribution >= 0.6 is 0 Å². The standard InChI is InChI=1S/C15H28N4O4/c1-6-21-14-9(22-14)7-19-8(2)16(3)12-10(19)11-13(23-11)18(5)15(20)17(12)4/h8-15,20H,6-7H2,1-5H3. The summed E-state index contributed by atoms with van der Waals surface area (Å²) in [4.78, 5) is 8.69. The van der Waals surface area contributed by atoms with Gasteiger partial charge in [0.05, 0.1) is 18.4 Å². The highest BCUT2D eigenvalue weighted by molar-refractivity contribution is 5.09. The number of nitrogens with zero attached hydrogens (tertiary/aromatic N) is 4. The quantitative estimate of drug-likeness (QED) is 0.654. The van der Waals surface area contributed by atoms with Crippen LogP contribution in [0.3, 0.4) is 0 Å². The zero-order valence-corrected chi connectivity index (χ0v) is 14.5. The fourth-order valence-corrected chi connectivity index (χ4v) is 4.30. The van der Waals surface area contributed by atoms with E-state index in [1.165, 1.54) is 0 Å². The average molecular weight is 328 g/mol. The molecule has 4 saturated heterocycles. The number of epoxide rings is 2. The Hall–Kier alpha value is -0.320. The molecule has 0 radical (unpaired) electrons. The SMILES string of the molecule is CCOC1OC1CN1C2C3OC3N(C)C(O)N(C)C2N(C)C1C. The Balaban J connectivity index is 1.54. The maximum absolute atomic E-state index is 10.5. The Labute approximate surface area is 137 Å². The third-order valence-corrected chi connectivity index (χ3v) is 5.82. The first-order valence-electron chi connectivity index (χ1n) is 8.47. The van der Waals surface area contributed by atoms with Gasteiger partial charge in [-0.1, -0.05) is 0 Å². The molecule has 0 saturated carbocycles. The molecule has 0 aromatic carbocycles. The van der Waals surface area contributed by atoms with Crippen LogP contribution in [0.15, 0.2) is 0 Å². The lowest BCUT2D eigenvalue weighted by molar-refractivity contribution is -0.139. The third-order valence-electron chi connectivity index (χ3n) is 5.82. The van der Waals surface area contributed by atoms with Crippen LogP contribution in [0.5, 0.6) is 0 Å². The minimum atomic E-state index is -0.636. The summed E-state index contributed by atoms with van der Waals surface area (Å²) >= 11 is 0. The molecular formula is C15H28N4O4. The van der Waals surface area contributed by atoms with E-state index in [1.807, 2.05) is 30.8 Å². The van der Waals surface area contributed by atoms with Crippen molar-refractivity contribution in [2.45, 2.75) is 63.3 Å². The molecule has 8 heteroatoms. The van der Waals surface area contributed by atoms with E-state index in [0.29, 0.717) is 6.61 Å². The number of fused-ring (bicyclic) bond motifs is 3. The van der Waals surface area contributed by atoms with Crippen LogP contribution in [-0.4, -0.2) is 108 Å². The van der Waals surface area contributed by atoms with Crippen molar-refractivity contribution in [3.63, 3.8) is 0 Å². The van der Waals surface area contributed by atoms with Crippen LogP contribution in [0.25, 0.3) is 0 Å². The molecule has 4 rings (SSSR count). The Morgan fingerprint density at radius 3 is 2.52 bits per heavy atom. The van der Waals surface area contributed by atoms with Gasteiger partial charge in [-0.25, -0.2) is 4.90 Å². The molecule has 4 heterocycles. The molecule has 1 N–H and O–H groups in total. The molecule has 0 aromatic heterocycles. The molecule has 0 spiro atoms. The van der Waals surface area contributed by atoms with Gasteiger partial charge in [0.1, 0.15) is 18.4 Å². The number of rotatable bonds is 4. The summed E-state index contributed by atoms with van der Waals surface area (Å²) in [7, 11) is 6.00. The first kappa shape index (κ1) is 16.2. The molecule has 0 aromatic rings. The van der Waals surface area contributed by atoms with Gasteiger partial charge in [-0.15, -0.1) is 0 Å². The second-order valence-corrected chi connectivity index (χ2v) is 7.07. The van der Waals surface area contributed by atoms with Gasteiger partial charge in [-0.05, 0) is 35.0 Å². The highest BCUT2D eigenvalue weighted by Gasteiger charge is 2.63. The van der Waals surface area contributed by atoms with Crippen LogP contribution in [0.2, 0.25) is 0 Å². The molecule has 8 unspecified atom stereocenters. The molecule has 0 bridgehead atoms. The predicted molar refractivity (Wildman–Crippen MR) is 82.0 cm³/mol. The van der Waals surface area contributed by atoms with Crippen molar-refractivity contribution >= 4 is 0 Å². The largest absolute Gasteiger partial charge is 0.365 e. The number of hydrogen-bond donors (Lipinski definition) is 1. The van der Waals surface area contributed by atoms with Crippen molar-refractivity contribution in [2.24, 2.45) is 0 Å². The minimum Gasteiger partial charge on any atom is -0.365 e.